The van der Waals surface area contributed by atoms with Gasteiger partial charge in [0.15, 0.2) is 11.7 Å². The zero-order valence-electron chi connectivity index (χ0n) is 16.4. The van der Waals surface area contributed by atoms with Crippen LogP contribution in [0, 0.1) is 0 Å². The van der Waals surface area contributed by atoms with Crippen molar-refractivity contribution in [2.24, 2.45) is 12.0 Å². The second-order valence-electron chi connectivity index (χ2n) is 7.00. The van der Waals surface area contributed by atoms with Crippen LogP contribution < -0.4 is 10.6 Å². The van der Waals surface area contributed by atoms with E-state index in [2.05, 4.69) is 20.7 Å². The van der Waals surface area contributed by atoms with Crippen LogP contribution in [0.1, 0.15) is 39.0 Å². The Bertz CT molecular complexity index is 652. The largest absolute Gasteiger partial charge is 0.435 e. The van der Waals surface area contributed by atoms with Gasteiger partial charge in [0.05, 0.1) is 13.1 Å². The molecule has 0 aliphatic rings. The number of carbonyl (C=O) groups is 1. The number of nitrogens with zero attached hydrogens (tertiary/aromatic N) is 4. The number of likely N-dealkylation sites (N-methyl/N-ethyl adjacent to an activating group) is 1. The molecule has 0 saturated heterocycles. The van der Waals surface area contributed by atoms with E-state index in [4.69, 9.17) is 0 Å². The van der Waals surface area contributed by atoms with E-state index in [0.717, 1.165) is 4.68 Å². The fourth-order valence-electron chi connectivity index (χ4n) is 2.27. The molecular weight excluding hydrogens is 476 g/mol. The molecule has 0 saturated carbocycles. The molecule has 1 aromatic rings. The summed E-state index contributed by atoms with van der Waals surface area (Å²) >= 11 is 0. The number of hydrogen-bond donors (Lipinski definition) is 2. The summed E-state index contributed by atoms with van der Waals surface area (Å²) < 4.78 is 40.2. The highest BCUT2D eigenvalue weighted by molar-refractivity contribution is 14.0. The van der Waals surface area contributed by atoms with Crippen molar-refractivity contribution in [3.8, 4) is 0 Å². The molecule has 0 unspecified atom stereocenters. The molecule has 1 aromatic heterocycles. The lowest BCUT2D eigenvalue weighted by Gasteiger charge is -2.25. The molecule has 0 aromatic carbocycles. The number of aliphatic imine (C=N–C) groups is 1. The maximum absolute atomic E-state index is 13.0. The molecule has 0 atom stereocenters. The van der Waals surface area contributed by atoms with Crippen molar-refractivity contribution in [2.45, 2.75) is 46.0 Å². The summed E-state index contributed by atoms with van der Waals surface area (Å²) in [6, 6.07) is 0. The molecule has 2 N–H and O–H groups in total. The monoisotopic (exact) mass is 504 g/mol. The van der Waals surface area contributed by atoms with Gasteiger partial charge in [0.2, 0.25) is 5.91 Å². The topological polar surface area (TPSA) is 74.5 Å². The number of carbonyl (C=O) groups excluding carboxylic acids is 1. The molecule has 1 heterocycles. The van der Waals surface area contributed by atoms with Gasteiger partial charge in [-0.3, -0.25) is 9.48 Å². The molecule has 156 valence electrons. The number of guanidine groups is 1. The first-order chi connectivity index (χ1) is 11.8. The molecule has 0 fully saturated rings. The number of rotatable bonds is 5. The van der Waals surface area contributed by atoms with Gasteiger partial charge in [0.25, 0.3) is 0 Å². The van der Waals surface area contributed by atoms with Crippen LogP contribution in [0.2, 0.25) is 0 Å². The molecule has 0 radical (unpaired) electrons. The summed E-state index contributed by atoms with van der Waals surface area (Å²) in [4.78, 5) is 17.8. The number of hydrogen-bond acceptors (Lipinski definition) is 3. The summed E-state index contributed by atoms with van der Waals surface area (Å²) in [6.45, 7) is 7.79. The number of nitrogens with one attached hydrogen (secondary N) is 2. The van der Waals surface area contributed by atoms with Gasteiger partial charge in [-0.25, -0.2) is 4.99 Å². The van der Waals surface area contributed by atoms with Crippen LogP contribution >= 0.6 is 24.0 Å². The summed E-state index contributed by atoms with van der Waals surface area (Å²) in [6.07, 6.45) is -3.24. The summed E-state index contributed by atoms with van der Waals surface area (Å²) in [5.74, 6) is 0.136. The summed E-state index contributed by atoms with van der Waals surface area (Å²) in [5, 5.41) is 9.26. The van der Waals surface area contributed by atoms with Gasteiger partial charge in [0.1, 0.15) is 0 Å². The molecular formula is C16H28F3IN6O. The Morgan fingerprint density at radius 3 is 2.41 bits per heavy atom. The van der Waals surface area contributed by atoms with E-state index >= 15 is 0 Å². The van der Waals surface area contributed by atoms with E-state index in [0.29, 0.717) is 12.5 Å². The van der Waals surface area contributed by atoms with E-state index in [-0.39, 0.29) is 54.1 Å². The van der Waals surface area contributed by atoms with Crippen molar-refractivity contribution in [2.75, 3.05) is 20.1 Å². The Morgan fingerprint density at radius 1 is 1.33 bits per heavy atom. The Hall–Kier alpha value is -1.53. The fourth-order valence-corrected chi connectivity index (χ4v) is 2.27. The van der Waals surface area contributed by atoms with Crippen LogP contribution in [0.4, 0.5) is 13.2 Å². The minimum atomic E-state index is -4.54. The molecule has 27 heavy (non-hydrogen) atoms. The smallest absolute Gasteiger partial charge is 0.357 e. The first-order valence-electron chi connectivity index (χ1n) is 8.23. The highest BCUT2D eigenvalue weighted by Crippen LogP contribution is 2.30. The van der Waals surface area contributed by atoms with Gasteiger partial charge in [-0.2, -0.15) is 18.3 Å². The third-order valence-corrected chi connectivity index (χ3v) is 3.16. The normalized spacial score (nSPS) is 12.4. The SMILES string of the molecule is CCNC(=NCc1cn(C)nc1C(F)(F)F)N(C)CC(=O)NC(C)(C)C.I. The van der Waals surface area contributed by atoms with E-state index in [1.165, 1.54) is 13.2 Å². The molecule has 11 heteroatoms. The second kappa shape index (κ2) is 10.1. The maximum atomic E-state index is 13.0. The third kappa shape index (κ3) is 8.80. The van der Waals surface area contributed by atoms with Crippen molar-refractivity contribution in [3.63, 3.8) is 0 Å². The van der Waals surface area contributed by atoms with Crippen molar-refractivity contribution < 1.29 is 18.0 Å². The predicted octanol–water partition coefficient (Wildman–Crippen LogP) is 2.37. The minimum absolute atomic E-state index is 0. The van der Waals surface area contributed by atoms with Crippen molar-refractivity contribution in [1.29, 1.82) is 0 Å². The zero-order valence-corrected chi connectivity index (χ0v) is 18.8. The molecule has 7 nitrogen and oxygen atoms in total. The maximum Gasteiger partial charge on any atom is 0.435 e. The number of aromatic nitrogens is 2. The first kappa shape index (κ1) is 25.5. The van der Waals surface area contributed by atoms with Crippen LogP contribution in [-0.4, -0.2) is 52.2 Å². The standard InChI is InChI=1S/C16H27F3N6O.HI/c1-7-20-14(24(5)10-12(26)22-15(2,3)4)21-8-11-9-25(6)23-13(11)16(17,18)19;/h9H,7-8,10H2,1-6H3,(H,20,21)(H,22,26);1H. The van der Waals surface area contributed by atoms with Gasteiger partial charge < -0.3 is 15.5 Å². The molecule has 0 spiro atoms. The molecule has 1 amide bonds. The predicted molar refractivity (Wildman–Crippen MR) is 109 cm³/mol. The Kier molecular flexibility index (Phi) is 9.56. The van der Waals surface area contributed by atoms with Crippen LogP contribution in [0.25, 0.3) is 0 Å². The quantitative estimate of drug-likeness (QED) is 0.367. The highest BCUT2D eigenvalue weighted by atomic mass is 127. The number of halogens is 4. The number of alkyl halides is 3. The molecule has 0 aliphatic heterocycles. The average Bonchev–Trinajstić information content (AvgIpc) is 2.82. The fraction of sp³-hybridized carbons (Fsp3) is 0.688. The van der Waals surface area contributed by atoms with Crippen LogP contribution in [0.5, 0.6) is 0 Å². The van der Waals surface area contributed by atoms with Gasteiger partial charge >= 0.3 is 6.18 Å². The Balaban J connectivity index is 0.00000676. The number of aryl methyl sites for hydroxylation is 1. The van der Waals surface area contributed by atoms with Crippen molar-refractivity contribution in [1.82, 2.24) is 25.3 Å². The summed E-state index contributed by atoms with van der Waals surface area (Å²) in [7, 11) is 3.08. The Morgan fingerprint density at radius 2 is 1.93 bits per heavy atom. The Labute approximate surface area is 174 Å². The number of amides is 1. The van der Waals surface area contributed by atoms with E-state index in [1.807, 2.05) is 27.7 Å². The lowest BCUT2D eigenvalue weighted by Crippen LogP contribution is -2.48. The van der Waals surface area contributed by atoms with E-state index in [9.17, 15) is 18.0 Å². The minimum Gasteiger partial charge on any atom is -0.357 e. The molecule has 1 rings (SSSR count). The van der Waals surface area contributed by atoms with E-state index < -0.39 is 11.9 Å². The lowest BCUT2D eigenvalue weighted by atomic mass is 10.1. The van der Waals surface area contributed by atoms with Crippen LogP contribution in [0.3, 0.4) is 0 Å². The third-order valence-electron chi connectivity index (χ3n) is 3.16. The van der Waals surface area contributed by atoms with Gasteiger partial charge in [-0.05, 0) is 27.7 Å². The second-order valence-corrected chi connectivity index (χ2v) is 7.00. The van der Waals surface area contributed by atoms with Crippen molar-refractivity contribution >= 4 is 35.8 Å². The van der Waals surface area contributed by atoms with Gasteiger partial charge in [0, 0.05) is 37.9 Å². The van der Waals surface area contributed by atoms with E-state index in [1.54, 1.807) is 11.9 Å². The highest BCUT2D eigenvalue weighted by Gasteiger charge is 2.36. The molecule has 0 aliphatic carbocycles. The lowest BCUT2D eigenvalue weighted by molar-refractivity contribution is -0.142. The first-order valence-corrected chi connectivity index (χ1v) is 8.23. The van der Waals surface area contributed by atoms with Crippen LogP contribution in [-0.2, 0) is 24.6 Å². The van der Waals surface area contributed by atoms with Crippen LogP contribution in [0.15, 0.2) is 11.2 Å². The average molecular weight is 504 g/mol. The van der Waals surface area contributed by atoms with Gasteiger partial charge in [-0.1, -0.05) is 0 Å². The van der Waals surface area contributed by atoms with Crippen molar-refractivity contribution in [3.05, 3.63) is 17.5 Å². The molecule has 0 bridgehead atoms. The zero-order chi connectivity index (χ0) is 20.1. The van der Waals surface area contributed by atoms with Gasteiger partial charge in [-0.15, -0.1) is 24.0 Å². The summed E-state index contributed by atoms with van der Waals surface area (Å²) in [5.41, 5.74) is -1.35.